The van der Waals surface area contributed by atoms with Crippen molar-refractivity contribution >= 4 is 27.8 Å². The lowest BCUT2D eigenvalue weighted by Crippen LogP contribution is -2.30. The normalized spacial score (nSPS) is 14.2. The molecular weight excluding hydrogens is 286 g/mol. The van der Waals surface area contributed by atoms with Crippen LogP contribution in [0.5, 0.6) is 0 Å². The Kier molecular flexibility index (Phi) is 5.57. The first-order chi connectivity index (χ1) is 9.61. The molecule has 0 bridgehead atoms. The fraction of sp³-hybridized carbons (Fsp3) is 0.533. The zero-order valence-electron chi connectivity index (χ0n) is 12.6. The average molecular weight is 310 g/mol. The van der Waals surface area contributed by atoms with E-state index < -0.39 is 0 Å². The molecule has 3 nitrogen and oxygen atoms in total. The molecule has 0 amide bonds. The molecule has 5 heteroatoms. The van der Waals surface area contributed by atoms with Crippen LogP contribution in [-0.4, -0.2) is 24.6 Å². The van der Waals surface area contributed by atoms with E-state index >= 15 is 0 Å². The second-order valence-electron chi connectivity index (χ2n) is 5.08. The van der Waals surface area contributed by atoms with E-state index in [1.54, 1.807) is 11.3 Å². The Morgan fingerprint density at radius 3 is 2.80 bits per heavy atom. The van der Waals surface area contributed by atoms with Crippen LogP contribution >= 0.6 is 22.7 Å². The van der Waals surface area contributed by atoms with E-state index in [2.05, 4.69) is 60.9 Å². The predicted molar refractivity (Wildman–Crippen MR) is 90.1 cm³/mol. The van der Waals surface area contributed by atoms with Crippen LogP contribution in [0.4, 0.5) is 5.13 Å². The molecule has 110 valence electrons. The Hall–Kier alpha value is -0.910. The highest BCUT2D eigenvalue weighted by molar-refractivity contribution is 7.13. The maximum atomic E-state index is 4.76. The van der Waals surface area contributed by atoms with Crippen LogP contribution in [0.3, 0.4) is 0 Å². The van der Waals surface area contributed by atoms with Crippen molar-refractivity contribution in [3.05, 3.63) is 33.5 Å². The van der Waals surface area contributed by atoms with Gasteiger partial charge in [0.15, 0.2) is 5.13 Å². The second kappa shape index (κ2) is 7.20. The molecule has 0 saturated heterocycles. The minimum atomic E-state index is 0.325. The van der Waals surface area contributed by atoms with E-state index in [1.807, 2.05) is 11.3 Å². The van der Waals surface area contributed by atoms with Gasteiger partial charge in [0.2, 0.25) is 0 Å². The molecule has 0 fully saturated rings. The number of nitrogens with one attached hydrogen (secondary N) is 1. The molecule has 2 atom stereocenters. The lowest BCUT2D eigenvalue weighted by molar-refractivity contribution is 0.585. The summed E-state index contributed by atoms with van der Waals surface area (Å²) in [6.07, 6.45) is 1.08. The van der Waals surface area contributed by atoms with E-state index in [4.69, 9.17) is 4.98 Å². The number of thiophene rings is 1. The summed E-state index contributed by atoms with van der Waals surface area (Å²) < 4.78 is 0. The molecule has 0 aliphatic rings. The first-order valence-electron chi connectivity index (χ1n) is 7.05. The summed E-state index contributed by atoms with van der Waals surface area (Å²) in [5.41, 5.74) is 1.14. The first-order valence-corrected chi connectivity index (χ1v) is 8.81. The Labute approximate surface area is 129 Å². The van der Waals surface area contributed by atoms with Gasteiger partial charge in [0, 0.05) is 35.8 Å². The van der Waals surface area contributed by atoms with E-state index in [9.17, 15) is 0 Å². The van der Waals surface area contributed by atoms with Gasteiger partial charge in [-0.25, -0.2) is 4.98 Å². The van der Waals surface area contributed by atoms with Crippen LogP contribution in [0.1, 0.15) is 37.4 Å². The minimum absolute atomic E-state index is 0.325. The molecule has 0 aliphatic heterocycles. The summed E-state index contributed by atoms with van der Waals surface area (Å²) in [6, 6.07) is 5.11. The van der Waals surface area contributed by atoms with Gasteiger partial charge in [-0.2, -0.15) is 0 Å². The quantitative estimate of drug-likeness (QED) is 0.839. The van der Waals surface area contributed by atoms with Crippen LogP contribution < -0.4 is 10.2 Å². The van der Waals surface area contributed by atoms with Gasteiger partial charge < -0.3 is 10.2 Å². The van der Waals surface area contributed by atoms with Crippen molar-refractivity contribution < 1.29 is 0 Å². The summed E-state index contributed by atoms with van der Waals surface area (Å²) in [7, 11) is 2.14. The highest BCUT2D eigenvalue weighted by Gasteiger charge is 2.16. The van der Waals surface area contributed by atoms with Crippen molar-refractivity contribution in [2.24, 2.45) is 0 Å². The lowest BCUT2D eigenvalue weighted by atomic mass is 10.2. The van der Waals surface area contributed by atoms with E-state index in [0.29, 0.717) is 12.1 Å². The average Bonchev–Trinajstić information content (AvgIpc) is 3.09. The fourth-order valence-corrected chi connectivity index (χ4v) is 3.91. The Balaban J connectivity index is 1.99. The molecular formula is C15H23N3S2. The van der Waals surface area contributed by atoms with Crippen LogP contribution in [0.2, 0.25) is 0 Å². The van der Waals surface area contributed by atoms with Crippen LogP contribution in [-0.2, 0) is 6.42 Å². The van der Waals surface area contributed by atoms with E-state index in [0.717, 1.165) is 23.8 Å². The van der Waals surface area contributed by atoms with Gasteiger partial charge in [-0.1, -0.05) is 13.0 Å². The summed E-state index contributed by atoms with van der Waals surface area (Å²) in [6.45, 7) is 7.52. The Bertz CT molecular complexity index is 507. The first kappa shape index (κ1) is 15.5. The third kappa shape index (κ3) is 3.81. The number of hydrogen-bond donors (Lipinski definition) is 1. The molecule has 2 heterocycles. The molecule has 2 rings (SSSR count). The number of hydrogen-bond acceptors (Lipinski definition) is 5. The van der Waals surface area contributed by atoms with Crippen LogP contribution in [0, 0.1) is 0 Å². The smallest absolute Gasteiger partial charge is 0.185 e. The maximum absolute atomic E-state index is 4.76. The number of nitrogens with zero attached hydrogens (tertiary/aromatic N) is 2. The van der Waals surface area contributed by atoms with Gasteiger partial charge in [-0.15, -0.1) is 22.7 Å². The standard InChI is InChI=1S/C15H23N3S2/c1-5-16-12(3)14-10-20-15(17-14)18(4)11(2)9-13-7-6-8-19-13/h6-8,10-12,16H,5,9H2,1-4H3. The molecule has 0 radical (unpaired) electrons. The van der Waals surface area contributed by atoms with Gasteiger partial charge >= 0.3 is 0 Å². The fourth-order valence-electron chi connectivity index (χ4n) is 2.09. The zero-order valence-corrected chi connectivity index (χ0v) is 14.2. The number of rotatable bonds is 7. The van der Waals surface area contributed by atoms with Gasteiger partial charge in [-0.3, -0.25) is 0 Å². The molecule has 2 aromatic rings. The third-order valence-electron chi connectivity index (χ3n) is 3.50. The highest BCUT2D eigenvalue weighted by Crippen LogP contribution is 2.25. The zero-order chi connectivity index (χ0) is 14.5. The van der Waals surface area contributed by atoms with Crippen LogP contribution in [0.25, 0.3) is 0 Å². The van der Waals surface area contributed by atoms with Crippen molar-refractivity contribution in [3.63, 3.8) is 0 Å². The summed E-state index contributed by atoms with van der Waals surface area (Å²) in [5, 5.41) is 8.82. The number of aromatic nitrogens is 1. The monoisotopic (exact) mass is 309 g/mol. The second-order valence-corrected chi connectivity index (χ2v) is 6.95. The van der Waals surface area contributed by atoms with E-state index in [1.165, 1.54) is 4.88 Å². The molecule has 0 saturated carbocycles. The SMILES string of the molecule is CCNC(C)c1csc(N(C)C(C)Cc2cccs2)n1. The minimum Gasteiger partial charge on any atom is -0.348 e. The molecule has 20 heavy (non-hydrogen) atoms. The summed E-state index contributed by atoms with van der Waals surface area (Å²) in [4.78, 5) is 8.48. The maximum Gasteiger partial charge on any atom is 0.185 e. The summed E-state index contributed by atoms with van der Waals surface area (Å²) in [5.74, 6) is 0. The summed E-state index contributed by atoms with van der Waals surface area (Å²) >= 11 is 3.56. The van der Waals surface area contributed by atoms with E-state index in [-0.39, 0.29) is 0 Å². The Morgan fingerprint density at radius 2 is 2.15 bits per heavy atom. The largest absolute Gasteiger partial charge is 0.348 e. The van der Waals surface area contributed by atoms with Crippen molar-refractivity contribution in [3.8, 4) is 0 Å². The number of anilines is 1. The van der Waals surface area contributed by atoms with Gasteiger partial charge in [0.25, 0.3) is 0 Å². The van der Waals surface area contributed by atoms with Gasteiger partial charge in [0.1, 0.15) is 0 Å². The van der Waals surface area contributed by atoms with Crippen molar-refractivity contribution in [1.29, 1.82) is 0 Å². The van der Waals surface area contributed by atoms with Crippen molar-refractivity contribution in [1.82, 2.24) is 10.3 Å². The molecule has 0 aliphatic carbocycles. The van der Waals surface area contributed by atoms with Gasteiger partial charge in [0.05, 0.1) is 5.69 Å². The lowest BCUT2D eigenvalue weighted by Gasteiger charge is -2.23. The van der Waals surface area contributed by atoms with Crippen LogP contribution in [0.15, 0.2) is 22.9 Å². The van der Waals surface area contributed by atoms with Gasteiger partial charge in [-0.05, 0) is 31.8 Å². The third-order valence-corrected chi connectivity index (χ3v) is 5.35. The highest BCUT2D eigenvalue weighted by atomic mass is 32.1. The van der Waals surface area contributed by atoms with Crippen molar-refractivity contribution in [2.45, 2.75) is 39.3 Å². The molecule has 1 N–H and O–H groups in total. The molecule has 0 aromatic carbocycles. The van der Waals surface area contributed by atoms with Crippen molar-refractivity contribution in [2.75, 3.05) is 18.5 Å². The molecule has 2 aromatic heterocycles. The number of likely N-dealkylation sites (N-methyl/N-ethyl adjacent to an activating group) is 1. The Morgan fingerprint density at radius 1 is 1.35 bits per heavy atom. The molecule has 0 spiro atoms. The number of thiazole rings is 1. The topological polar surface area (TPSA) is 28.2 Å². The predicted octanol–water partition coefficient (Wildman–Crippen LogP) is 3.94. The molecule has 2 unspecified atom stereocenters.